The van der Waals surface area contributed by atoms with E-state index >= 15 is 0 Å². The van der Waals surface area contributed by atoms with Gasteiger partial charge in [-0.1, -0.05) is 42.5 Å². The molecule has 3 aromatic carbocycles. The van der Waals surface area contributed by atoms with E-state index in [-0.39, 0.29) is 34.9 Å². The van der Waals surface area contributed by atoms with Crippen molar-refractivity contribution in [2.75, 3.05) is 26.0 Å². The molecule has 8 heteroatoms. The molecule has 0 aromatic heterocycles. The predicted octanol–water partition coefficient (Wildman–Crippen LogP) is 4.56. The Hall–Kier alpha value is -2.33. The summed E-state index contributed by atoms with van der Waals surface area (Å²) in [5.74, 6) is 1.34. The van der Waals surface area contributed by atoms with E-state index in [0.29, 0.717) is 18.9 Å². The van der Waals surface area contributed by atoms with Crippen molar-refractivity contribution in [3.8, 4) is 5.75 Å². The van der Waals surface area contributed by atoms with E-state index in [1.165, 1.54) is 22.6 Å². The average Bonchev–Trinajstić information content (AvgIpc) is 2.76. The lowest BCUT2D eigenvalue weighted by Gasteiger charge is -2.20. The molecule has 1 unspecified atom stereocenters. The fourth-order valence-electron chi connectivity index (χ4n) is 3.33. The number of benzene rings is 3. The number of hydrogen-bond donors (Lipinski definition) is 2. The van der Waals surface area contributed by atoms with Gasteiger partial charge in [-0.2, -0.15) is 0 Å². The monoisotopic (exact) mass is 567 g/mol. The van der Waals surface area contributed by atoms with Gasteiger partial charge >= 0.3 is 0 Å². The molecule has 0 amide bonds. The molecule has 0 radical (unpaired) electrons. The average molecular weight is 567 g/mol. The first-order valence-corrected chi connectivity index (χ1v) is 12.2. The minimum absolute atomic E-state index is 0. The number of guanidine groups is 1. The normalized spacial score (nSPS) is 12.7. The van der Waals surface area contributed by atoms with Gasteiger partial charge in [0.05, 0.1) is 17.5 Å². The Morgan fingerprint density at radius 2 is 1.72 bits per heavy atom. The lowest BCUT2D eigenvalue weighted by Crippen LogP contribution is -2.39. The number of nitrogens with zero attached hydrogens (tertiary/aromatic N) is 1. The number of ether oxygens (including phenoxy) is 1. The smallest absolute Gasteiger partial charge is 0.191 e. The lowest BCUT2D eigenvalue weighted by molar-refractivity contribution is 0.328. The maximum atomic E-state index is 11.5. The summed E-state index contributed by atoms with van der Waals surface area (Å²) in [6, 6.07) is 21.2. The third kappa shape index (κ3) is 7.09. The quantitative estimate of drug-likeness (QED) is 0.181. The van der Waals surface area contributed by atoms with Crippen LogP contribution in [-0.4, -0.2) is 40.3 Å². The minimum Gasteiger partial charge on any atom is -0.492 e. The SMILES string of the molecule is CCNC(=NCCOc1ccc(S(C)(=O)=O)cc1)NC(C)c1cccc2ccccc12.I. The summed E-state index contributed by atoms with van der Waals surface area (Å²) in [7, 11) is -3.20. The summed E-state index contributed by atoms with van der Waals surface area (Å²) < 4.78 is 28.8. The number of sulfone groups is 1. The second-order valence-corrected chi connectivity index (χ2v) is 9.30. The van der Waals surface area contributed by atoms with Gasteiger partial charge in [0.1, 0.15) is 12.4 Å². The second-order valence-electron chi connectivity index (χ2n) is 7.29. The molecule has 0 heterocycles. The van der Waals surface area contributed by atoms with Crippen LogP contribution in [0.1, 0.15) is 25.5 Å². The van der Waals surface area contributed by atoms with Crippen LogP contribution < -0.4 is 15.4 Å². The third-order valence-electron chi connectivity index (χ3n) is 4.87. The van der Waals surface area contributed by atoms with Crippen molar-refractivity contribution in [1.29, 1.82) is 0 Å². The van der Waals surface area contributed by atoms with E-state index in [0.717, 1.165) is 12.5 Å². The zero-order valence-electron chi connectivity index (χ0n) is 18.5. The molecule has 3 rings (SSSR count). The van der Waals surface area contributed by atoms with Crippen LogP contribution in [0, 0.1) is 0 Å². The van der Waals surface area contributed by atoms with Crippen LogP contribution in [0.15, 0.2) is 76.6 Å². The molecule has 0 bridgehead atoms. The first-order valence-electron chi connectivity index (χ1n) is 10.3. The number of nitrogens with one attached hydrogen (secondary N) is 2. The van der Waals surface area contributed by atoms with Crippen molar-refractivity contribution >= 4 is 50.5 Å². The Kier molecular flexibility index (Phi) is 9.77. The topological polar surface area (TPSA) is 79.8 Å². The van der Waals surface area contributed by atoms with E-state index in [9.17, 15) is 8.42 Å². The number of aliphatic imine (C=N–C) groups is 1. The van der Waals surface area contributed by atoms with Gasteiger partial charge in [-0.3, -0.25) is 0 Å². The Morgan fingerprint density at radius 3 is 2.41 bits per heavy atom. The van der Waals surface area contributed by atoms with Crippen molar-refractivity contribution in [2.45, 2.75) is 24.8 Å². The molecule has 0 aliphatic heterocycles. The van der Waals surface area contributed by atoms with Crippen LogP contribution in [-0.2, 0) is 9.84 Å². The van der Waals surface area contributed by atoms with Crippen LogP contribution in [0.25, 0.3) is 10.8 Å². The number of halogens is 1. The molecule has 6 nitrogen and oxygen atoms in total. The molecule has 3 aromatic rings. The summed E-state index contributed by atoms with van der Waals surface area (Å²) in [5, 5.41) is 9.17. The Bertz CT molecular complexity index is 1140. The van der Waals surface area contributed by atoms with Crippen LogP contribution in [0.4, 0.5) is 0 Å². The van der Waals surface area contributed by atoms with Gasteiger partial charge in [0.15, 0.2) is 15.8 Å². The largest absolute Gasteiger partial charge is 0.492 e. The van der Waals surface area contributed by atoms with Gasteiger partial charge in [0, 0.05) is 12.8 Å². The Morgan fingerprint density at radius 1 is 1.03 bits per heavy atom. The predicted molar refractivity (Wildman–Crippen MR) is 142 cm³/mol. The van der Waals surface area contributed by atoms with Gasteiger partial charge in [-0.15, -0.1) is 24.0 Å². The van der Waals surface area contributed by atoms with Crippen LogP contribution in [0.3, 0.4) is 0 Å². The van der Waals surface area contributed by atoms with Gasteiger partial charge in [-0.25, -0.2) is 13.4 Å². The zero-order valence-corrected chi connectivity index (χ0v) is 21.7. The molecule has 0 fully saturated rings. The van der Waals surface area contributed by atoms with Crippen molar-refractivity contribution in [1.82, 2.24) is 10.6 Å². The molecule has 2 N–H and O–H groups in total. The van der Waals surface area contributed by atoms with Crippen LogP contribution in [0.2, 0.25) is 0 Å². The molecule has 0 aliphatic rings. The molecule has 0 saturated carbocycles. The van der Waals surface area contributed by atoms with E-state index in [1.54, 1.807) is 24.3 Å². The highest BCUT2D eigenvalue weighted by Gasteiger charge is 2.11. The van der Waals surface area contributed by atoms with Crippen molar-refractivity contribution in [3.63, 3.8) is 0 Å². The van der Waals surface area contributed by atoms with Crippen molar-refractivity contribution in [3.05, 3.63) is 72.3 Å². The molecule has 0 spiro atoms. The van der Waals surface area contributed by atoms with Crippen molar-refractivity contribution in [2.24, 2.45) is 4.99 Å². The fraction of sp³-hybridized carbons (Fsp3) is 0.292. The maximum Gasteiger partial charge on any atom is 0.191 e. The molecule has 0 saturated heterocycles. The summed E-state index contributed by atoms with van der Waals surface area (Å²) in [5.41, 5.74) is 1.21. The minimum atomic E-state index is -3.20. The molecule has 1 atom stereocenters. The standard InChI is InChI=1S/C24H29N3O3S.HI/c1-4-25-24(26-16-17-30-20-12-14-21(15-13-20)31(3,28)29)27-18(2)22-11-7-9-19-8-5-6-10-23(19)22;/h5-15,18H,4,16-17H2,1-3H3,(H2,25,26,27);1H. The summed E-state index contributed by atoms with van der Waals surface area (Å²) in [6.45, 7) is 5.75. The van der Waals surface area contributed by atoms with Crippen LogP contribution in [0.5, 0.6) is 5.75 Å². The van der Waals surface area contributed by atoms with Gasteiger partial charge in [0.2, 0.25) is 0 Å². The van der Waals surface area contributed by atoms with Gasteiger partial charge in [-0.05, 0) is 54.4 Å². The van der Waals surface area contributed by atoms with Gasteiger partial charge in [0.25, 0.3) is 0 Å². The van der Waals surface area contributed by atoms with E-state index in [4.69, 9.17) is 4.74 Å². The molecule has 172 valence electrons. The van der Waals surface area contributed by atoms with Crippen LogP contribution >= 0.6 is 24.0 Å². The lowest BCUT2D eigenvalue weighted by atomic mass is 10.00. The van der Waals surface area contributed by atoms with E-state index in [2.05, 4.69) is 58.9 Å². The molecule has 32 heavy (non-hydrogen) atoms. The number of fused-ring (bicyclic) bond motifs is 1. The zero-order chi connectivity index (χ0) is 22.3. The highest BCUT2D eigenvalue weighted by atomic mass is 127. The van der Waals surface area contributed by atoms with E-state index in [1.807, 2.05) is 13.0 Å². The summed E-state index contributed by atoms with van der Waals surface area (Å²) in [6.07, 6.45) is 1.19. The summed E-state index contributed by atoms with van der Waals surface area (Å²) in [4.78, 5) is 4.88. The highest BCUT2D eigenvalue weighted by Crippen LogP contribution is 2.24. The molecular weight excluding hydrogens is 537 g/mol. The molecular formula is C24H30IN3O3S. The maximum absolute atomic E-state index is 11.5. The first-order chi connectivity index (χ1) is 14.9. The second kappa shape index (κ2) is 12.1. The Balaban J connectivity index is 0.00000363. The number of rotatable bonds is 8. The fourth-order valence-corrected chi connectivity index (χ4v) is 3.97. The summed E-state index contributed by atoms with van der Waals surface area (Å²) >= 11 is 0. The Labute approximate surface area is 207 Å². The van der Waals surface area contributed by atoms with E-state index < -0.39 is 9.84 Å². The van der Waals surface area contributed by atoms with Gasteiger partial charge < -0.3 is 15.4 Å². The number of hydrogen-bond acceptors (Lipinski definition) is 4. The van der Waals surface area contributed by atoms with Crippen molar-refractivity contribution < 1.29 is 13.2 Å². The first kappa shape index (κ1) is 25.9. The molecule has 0 aliphatic carbocycles. The third-order valence-corrected chi connectivity index (χ3v) is 6.00. The highest BCUT2D eigenvalue weighted by molar-refractivity contribution is 14.0.